The number of hydrogen-bond donors (Lipinski definition) is 3. The quantitative estimate of drug-likeness (QED) is 0.196. The monoisotopic (exact) mass is 691 g/mol. The molecular weight excluding hydrogens is 650 g/mol. The Kier molecular flexibility index (Phi) is 11.0. The number of rotatable bonds is 12. The van der Waals surface area contributed by atoms with E-state index < -0.39 is 22.0 Å². The molecule has 1 saturated heterocycles. The molecule has 3 heterocycles. The van der Waals surface area contributed by atoms with Gasteiger partial charge in [0.2, 0.25) is 0 Å². The average Bonchev–Trinajstić information content (AvgIpc) is 3.10. The van der Waals surface area contributed by atoms with Gasteiger partial charge in [0.05, 0.1) is 19.4 Å². The summed E-state index contributed by atoms with van der Waals surface area (Å²) in [5.41, 5.74) is 0.886. The van der Waals surface area contributed by atoms with E-state index in [1.54, 1.807) is 60.5 Å². The molecule has 2 aliphatic heterocycles. The average molecular weight is 692 g/mol. The molecule has 0 spiro atoms. The van der Waals surface area contributed by atoms with Crippen molar-refractivity contribution in [3.8, 4) is 23.0 Å². The highest BCUT2D eigenvalue weighted by molar-refractivity contribution is 7.92. The summed E-state index contributed by atoms with van der Waals surface area (Å²) in [7, 11) is -2.86. The topological polar surface area (TPSA) is 157 Å². The number of allylic oxidation sites excluding steroid dienone is 2. The van der Waals surface area contributed by atoms with Crippen molar-refractivity contribution < 1.29 is 37.0 Å². The van der Waals surface area contributed by atoms with Gasteiger partial charge in [-0.05, 0) is 74.1 Å². The van der Waals surface area contributed by atoms with E-state index >= 15 is 0 Å². The molecule has 5 rings (SSSR count). The normalized spacial score (nSPS) is 17.2. The molecule has 0 saturated carbocycles. The SMILES string of the molecule is CCOC(=O)NC1(Oc2cc(C(=O)N3CCCCC3)cc(NS(=O)(=O)c3ccc(C(C)C)cn3)c2Oc2ccccc2OC)C=CC=CN1. The number of pyridine rings is 1. The van der Waals surface area contributed by atoms with E-state index in [0.717, 1.165) is 24.8 Å². The lowest BCUT2D eigenvalue weighted by atomic mass is 10.1. The van der Waals surface area contributed by atoms with Crippen molar-refractivity contribution in [1.29, 1.82) is 0 Å². The van der Waals surface area contributed by atoms with Crippen LogP contribution in [-0.2, 0) is 14.8 Å². The maximum Gasteiger partial charge on any atom is 0.411 e. The molecule has 3 N–H and O–H groups in total. The number of anilines is 1. The molecule has 0 bridgehead atoms. The van der Waals surface area contributed by atoms with Crippen LogP contribution in [0.5, 0.6) is 23.0 Å². The van der Waals surface area contributed by atoms with Crippen molar-refractivity contribution >= 4 is 27.7 Å². The number of carbonyl (C=O) groups is 2. The van der Waals surface area contributed by atoms with Crippen molar-refractivity contribution in [1.82, 2.24) is 20.5 Å². The number of methoxy groups -OCH3 is 1. The van der Waals surface area contributed by atoms with Crippen LogP contribution in [0.25, 0.3) is 0 Å². The van der Waals surface area contributed by atoms with Crippen LogP contribution in [0, 0.1) is 0 Å². The molecule has 2 aromatic carbocycles. The summed E-state index contributed by atoms with van der Waals surface area (Å²) in [6.45, 7) is 6.81. The number of carbonyl (C=O) groups excluding carboxylic acids is 2. The van der Waals surface area contributed by atoms with Crippen LogP contribution in [0.3, 0.4) is 0 Å². The van der Waals surface area contributed by atoms with Crippen molar-refractivity contribution in [2.24, 2.45) is 0 Å². The van der Waals surface area contributed by atoms with E-state index in [4.69, 9.17) is 18.9 Å². The first-order valence-corrected chi connectivity index (χ1v) is 17.6. The summed E-state index contributed by atoms with van der Waals surface area (Å²) in [6, 6.07) is 12.8. The lowest BCUT2D eigenvalue weighted by molar-refractivity contribution is 0.0475. The van der Waals surface area contributed by atoms with Crippen molar-refractivity contribution in [2.75, 3.05) is 31.5 Å². The second-order valence-electron chi connectivity index (χ2n) is 11.7. The Morgan fingerprint density at radius 3 is 2.41 bits per heavy atom. The number of dihydropyridines is 1. The molecule has 2 amide bonds. The first-order chi connectivity index (χ1) is 23.5. The number of para-hydroxylation sites is 2. The summed E-state index contributed by atoms with van der Waals surface area (Å²) in [6.07, 6.45) is 9.81. The van der Waals surface area contributed by atoms with Gasteiger partial charge in [0.25, 0.3) is 21.8 Å². The van der Waals surface area contributed by atoms with Gasteiger partial charge in [0, 0.05) is 37.1 Å². The lowest BCUT2D eigenvalue weighted by Crippen LogP contribution is -2.60. The van der Waals surface area contributed by atoms with Crippen LogP contribution in [0.15, 0.2) is 84.2 Å². The predicted octanol–water partition coefficient (Wildman–Crippen LogP) is 5.88. The number of hydrogen-bond acceptors (Lipinski definition) is 10. The van der Waals surface area contributed by atoms with E-state index in [-0.39, 0.29) is 52.0 Å². The summed E-state index contributed by atoms with van der Waals surface area (Å²) >= 11 is 0. The minimum absolute atomic E-state index is 0.0844. The van der Waals surface area contributed by atoms with Gasteiger partial charge in [-0.1, -0.05) is 38.1 Å². The van der Waals surface area contributed by atoms with Gasteiger partial charge in [-0.2, -0.15) is 8.42 Å². The fourth-order valence-corrected chi connectivity index (χ4v) is 6.27. The maximum absolute atomic E-state index is 13.9. The standard InChI is InChI=1S/C35H41N5O8S/c1-5-46-34(42)38-35(17-9-10-18-37-35)48-30-22-26(33(41)40-19-11-6-12-20-40)21-27(32(30)47-29-14-8-7-13-28(29)45-4)39-49(43,44)31-16-15-25(23-36-31)24(2)3/h7-10,13-18,21-24,37,39H,5-6,11-12,19-20H2,1-4H3,(H,38,42). The Labute approximate surface area is 286 Å². The Morgan fingerprint density at radius 1 is 1.02 bits per heavy atom. The number of sulfonamides is 1. The third-order valence-electron chi connectivity index (χ3n) is 7.84. The number of alkyl carbamates (subject to hydrolysis) is 1. The Hall–Kier alpha value is -5.24. The molecule has 0 radical (unpaired) electrons. The molecule has 3 aromatic rings. The Morgan fingerprint density at radius 2 is 1.78 bits per heavy atom. The number of benzene rings is 2. The molecule has 13 nitrogen and oxygen atoms in total. The highest BCUT2D eigenvalue weighted by Crippen LogP contribution is 2.44. The molecule has 2 aliphatic rings. The number of ether oxygens (including phenoxy) is 4. The van der Waals surface area contributed by atoms with E-state index in [0.29, 0.717) is 18.8 Å². The third kappa shape index (κ3) is 8.44. The van der Waals surface area contributed by atoms with Gasteiger partial charge in [0.15, 0.2) is 28.0 Å². The Balaban J connectivity index is 1.68. The summed E-state index contributed by atoms with van der Waals surface area (Å²) < 4.78 is 53.8. The van der Waals surface area contributed by atoms with Crippen LogP contribution in [0.1, 0.15) is 61.9 Å². The van der Waals surface area contributed by atoms with Gasteiger partial charge in [-0.25, -0.2) is 9.78 Å². The highest BCUT2D eigenvalue weighted by Gasteiger charge is 2.36. The molecule has 1 fully saturated rings. The molecule has 260 valence electrons. The predicted molar refractivity (Wildman–Crippen MR) is 183 cm³/mol. The highest BCUT2D eigenvalue weighted by atomic mass is 32.2. The second kappa shape index (κ2) is 15.3. The number of aromatic nitrogens is 1. The lowest BCUT2D eigenvalue weighted by Gasteiger charge is -2.34. The zero-order valence-corrected chi connectivity index (χ0v) is 28.7. The first-order valence-electron chi connectivity index (χ1n) is 16.1. The fourth-order valence-electron chi connectivity index (χ4n) is 5.29. The molecule has 1 aromatic heterocycles. The van der Waals surface area contributed by atoms with Gasteiger partial charge >= 0.3 is 6.09 Å². The van der Waals surface area contributed by atoms with E-state index in [2.05, 4.69) is 20.3 Å². The van der Waals surface area contributed by atoms with Gasteiger partial charge in [-0.3, -0.25) is 14.8 Å². The van der Waals surface area contributed by atoms with Crippen LogP contribution in [0.2, 0.25) is 0 Å². The zero-order valence-electron chi connectivity index (χ0n) is 27.9. The largest absolute Gasteiger partial charge is 0.493 e. The molecule has 1 atom stereocenters. The van der Waals surface area contributed by atoms with Gasteiger partial charge < -0.3 is 29.2 Å². The molecule has 14 heteroatoms. The van der Waals surface area contributed by atoms with Crippen LogP contribution in [0.4, 0.5) is 10.5 Å². The van der Waals surface area contributed by atoms with E-state index in [1.807, 2.05) is 13.8 Å². The van der Waals surface area contributed by atoms with E-state index in [9.17, 15) is 18.0 Å². The molecule has 49 heavy (non-hydrogen) atoms. The Bertz CT molecular complexity index is 1820. The van der Waals surface area contributed by atoms with Crippen molar-refractivity contribution in [3.05, 3.63) is 90.3 Å². The maximum atomic E-state index is 13.9. The number of likely N-dealkylation sites (tertiary alicyclic amines) is 1. The van der Waals surface area contributed by atoms with Crippen molar-refractivity contribution in [3.63, 3.8) is 0 Å². The number of nitrogens with zero attached hydrogens (tertiary/aromatic N) is 2. The van der Waals surface area contributed by atoms with E-state index in [1.165, 1.54) is 37.6 Å². The molecular formula is C35H41N5O8S. The van der Waals surface area contributed by atoms with Gasteiger partial charge in [-0.15, -0.1) is 0 Å². The number of nitrogens with one attached hydrogen (secondary N) is 3. The molecule has 0 aliphatic carbocycles. The zero-order chi connectivity index (χ0) is 35.0. The van der Waals surface area contributed by atoms with Gasteiger partial charge in [0.1, 0.15) is 0 Å². The summed E-state index contributed by atoms with van der Waals surface area (Å²) in [5, 5.41) is 5.40. The first kappa shape index (κ1) is 35.1. The summed E-state index contributed by atoms with van der Waals surface area (Å²) in [5.74, 6) is -1.53. The fraction of sp³-hybridized carbons (Fsp3) is 0.343. The minimum Gasteiger partial charge on any atom is -0.493 e. The molecule has 1 unspecified atom stereocenters. The third-order valence-corrected chi connectivity index (χ3v) is 9.12. The van der Waals surface area contributed by atoms with Crippen LogP contribution in [-0.4, -0.2) is 63.0 Å². The van der Waals surface area contributed by atoms with Crippen LogP contribution < -0.4 is 29.6 Å². The number of piperidine rings is 1. The minimum atomic E-state index is -4.33. The smallest absolute Gasteiger partial charge is 0.411 e. The van der Waals surface area contributed by atoms with Crippen molar-refractivity contribution in [2.45, 2.75) is 56.8 Å². The number of amides is 2. The van der Waals surface area contributed by atoms with Crippen LogP contribution >= 0.6 is 0 Å². The summed E-state index contributed by atoms with van der Waals surface area (Å²) in [4.78, 5) is 32.6. The second-order valence-corrected chi connectivity index (χ2v) is 13.3.